The second kappa shape index (κ2) is 6.69. The van der Waals surface area contributed by atoms with Crippen molar-refractivity contribution < 1.29 is 19.4 Å². The van der Waals surface area contributed by atoms with Gasteiger partial charge in [-0.25, -0.2) is 4.79 Å². The molecule has 0 radical (unpaired) electrons. The summed E-state index contributed by atoms with van der Waals surface area (Å²) in [6.45, 7) is 16.0. The molecule has 1 amide bonds. The topological polar surface area (TPSA) is 59.0 Å². The minimum Gasteiger partial charge on any atom is -0.497 e. The van der Waals surface area contributed by atoms with Crippen molar-refractivity contribution in [2.45, 2.75) is 72.6 Å². The van der Waals surface area contributed by atoms with Crippen LogP contribution in [0.1, 0.15) is 67.0 Å². The number of carbonyl (C=O) groups excluding carboxylic acids is 1. The molecule has 5 nitrogen and oxygen atoms in total. The summed E-state index contributed by atoms with van der Waals surface area (Å²) in [6, 6.07) is 7.02. The van der Waals surface area contributed by atoms with Crippen LogP contribution in [0.5, 0.6) is 5.75 Å². The van der Waals surface area contributed by atoms with Gasteiger partial charge in [0.05, 0.1) is 13.2 Å². The summed E-state index contributed by atoms with van der Waals surface area (Å²) in [6.07, 6.45) is -0.413. The molecule has 1 aromatic rings. The summed E-state index contributed by atoms with van der Waals surface area (Å²) in [7, 11) is 1.61. The minimum absolute atomic E-state index is 0.400. The second-order valence-corrected chi connectivity index (χ2v) is 10.2. The Hall–Kier alpha value is -1.75. The number of ether oxygens (including phenoxy) is 2. The molecular formula is C22H35NO4. The summed E-state index contributed by atoms with van der Waals surface area (Å²) >= 11 is 0. The molecule has 0 unspecified atom stereocenters. The molecule has 1 heterocycles. The fourth-order valence-electron chi connectivity index (χ4n) is 4.38. The zero-order chi connectivity index (χ0) is 20.8. The van der Waals surface area contributed by atoms with E-state index in [0.29, 0.717) is 12.3 Å². The lowest BCUT2D eigenvalue weighted by Crippen LogP contribution is -2.55. The molecule has 1 fully saturated rings. The van der Waals surface area contributed by atoms with E-state index in [4.69, 9.17) is 9.47 Å². The summed E-state index contributed by atoms with van der Waals surface area (Å²) in [5.41, 5.74) is -1.94. The molecule has 27 heavy (non-hydrogen) atoms. The van der Waals surface area contributed by atoms with Gasteiger partial charge < -0.3 is 14.6 Å². The fourth-order valence-corrected chi connectivity index (χ4v) is 4.38. The number of hydrogen-bond acceptors (Lipinski definition) is 4. The lowest BCUT2D eigenvalue weighted by Gasteiger charge is -2.49. The molecule has 0 saturated carbocycles. The molecule has 5 heteroatoms. The van der Waals surface area contributed by atoms with E-state index in [1.54, 1.807) is 12.0 Å². The Bertz CT molecular complexity index is 699. The van der Waals surface area contributed by atoms with Crippen molar-refractivity contribution in [1.82, 2.24) is 4.90 Å². The van der Waals surface area contributed by atoms with Crippen LogP contribution >= 0.6 is 0 Å². The Labute approximate surface area is 163 Å². The van der Waals surface area contributed by atoms with Crippen LogP contribution in [0.4, 0.5) is 4.79 Å². The van der Waals surface area contributed by atoms with Crippen molar-refractivity contribution in [3.05, 3.63) is 29.8 Å². The van der Waals surface area contributed by atoms with Crippen LogP contribution in [0.2, 0.25) is 0 Å². The zero-order valence-corrected chi connectivity index (χ0v) is 18.2. The molecular weight excluding hydrogens is 342 g/mol. The van der Waals surface area contributed by atoms with E-state index < -0.39 is 34.2 Å². The maximum absolute atomic E-state index is 13.1. The molecule has 152 valence electrons. The first kappa shape index (κ1) is 21.5. The Morgan fingerprint density at radius 3 is 2.26 bits per heavy atom. The Morgan fingerprint density at radius 1 is 1.19 bits per heavy atom. The van der Waals surface area contributed by atoms with Gasteiger partial charge in [-0.05, 0) is 43.9 Å². The van der Waals surface area contributed by atoms with E-state index in [-0.39, 0.29) is 0 Å². The number of benzene rings is 1. The number of carbonyl (C=O) groups is 1. The first-order valence-corrected chi connectivity index (χ1v) is 9.50. The highest BCUT2D eigenvalue weighted by atomic mass is 16.6. The van der Waals surface area contributed by atoms with Crippen molar-refractivity contribution in [3.8, 4) is 5.75 Å². The van der Waals surface area contributed by atoms with Gasteiger partial charge in [0.25, 0.3) is 0 Å². The monoisotopic (exact) mass is 377 g/mol. The molecule has 2 atom stereocenters. The van der Waals surface area contributed by atoms with Gasteiger partial charge in [-0.1, -0.05) is 46.8 Å². The van der Waals surface area contributed by atoms with Gasteiger partial charge in [0.2, 0.25) is 0 Å². The largest absolute Gasteiger partial charge is 0.497 e. The zero-order valence-electron chi connectivity index (χ0n) is 18.2. The molecule has 0 aromatic heterocycles. The lowest BCUT2D eigenvalue weighted by molar-refractivity contribution is -0.138. The fraction of sp³-hybridized carbons (Fsp3) is 0.682. The highest BCUT2D eigenvalue weighted by Gasteiger charge is 2.65. The van der Waals surface area contributed by atoms with Gasteiger partial charge in [-0.3, -0.25) is 4.90 Å². The van der Waals surface area contributed by atoms with Crippen molar-refractivity contribution in [1.29, 1.82) is 0 Å². The maximum Gasteiger partial charge on any atom is 0.410 e. The number of amides is 1. The highest BCUT2D eigenvalue weighted by Crippen LogP contribution is 2.59. The summed E-state index contributed by atoms with van der Waals surface area (Å²) in [4.78, 5) is 14.7. The van der Waals surface area contributed by atoms with Gasteiger partial charge in [0, 0.05) is 12.0 Å². The van der Waals surface area contributed by atoms with Crippen molar-refractivity contribution in [3.63, 3.8) is 0 Å². The summed E-state index contributed by atoms with van der Waals surface area (Å²) in [5, 5.41) is 12.1. The van der Waals surface area contributed by atoms with Gasteiger partial charge in [0.15, 0.2) is 0 Å². The number of hydrogen-bond donors (Lipinski definition) is 1. The molecule has 1 N–H and O–H groups in total. The van der Waals surface area contributed by atoms with Crippen LogP contribution < -0.4 is 4.74 Å². The van der Waals surface area contributed by atoms with E-state index in [9.17, 15) is 9.90 Å². The predicted molar refractivity (Wildman–Crippen MR) is 107 cm³/mol. The number of aliphatic hydroxyl groups is 1. The van der Waals surface area contributed by atoms with Crippen LogP contribution in [0.3, 0.4) is 0 Å². The Morgan fingerprint density at radius 2 is 1.78 bits per heavy atom. The van der Waals surface area contributed by atoms with Crippen LogP contribution in [0.25, 0.3) is 0 Å². The van der Waals surface area contributed by atoms with Gasteiger partial charge >= 0.3 is 6.09 Å². The average Bonchev–Trinajstić information content (AvgIpc) is 2.73. The molecule has 1 aliphatic heterocycles. The van der Waals surface area contributed by atoms with Crippen molar-refractivity contribution in [2.24, 2.45) is 10.8 Å². The van der Waals surface area contributed by atoms with E-state index >= 15 is 0 Å². The third-order valence-corrected chi connectivity index (χ3v) is 5.49. The quantitative estimate of drug-likeness (QED) is 0.805. The number of nitrogens with zero attached hydrogens (tertiary/aromatic N) is 1. The Kier molecular flexibility index (Phi) is 5.34. The standard InChI is InChI=1S/C22H35NO4/c1-19(2,3)22(25)17(15-11-10-12-16(13-15)26-9)23(14-21(22,7)8)18(24)27-20(4,5)6/h10-13,17,25H,14H2,1-9H3/t17-,22+/m0/s1. The van der Waals surface area contributed by atoms with Crippen LogP contribution in [-0.4, -0.2) is 41.0 Å². The van der Waals surface area contributed by atoms with Crippen LogP contribution in [0.15, 0.2) is 24.3 Å². The third-order valence-electron chi connectivity index (χ3n) is 5.49. The first-order chi connectivity index (χ1) is 12.1. The van der Waals surface area contributed by atoms with E-state index in [1.165, 1.54) is 0 Å². The number of methoxy groups -OCH3 is 1. The third kappa shape index (κ3) is 3.79. The van der Waals surface area contributed by atoms with Gasteiger partial charge in [0.1, 0.15) is 17.0 Å². The molecule has 1 saturated heterocycles. The molecule has 1 aromatic carbocycles. The van der Waals surface area contributed by atoms with E-state index in [2.05, 4.69) is 0 Å². The van der Waals surface area contributed by atoms with Crippen molar-refractivity contribution >= 4 is 6.09 Å². The number of rotatable bonds is 2. The predicted octanol–water partition coefficient (Wildman–Crippen LogP) is 4.79. The van der Waals surface area contributed by atoms with Crippen LogP contribution in [0, 0.1) is 10.8 Å². The molecule has 1 aliphatic rings. The second-order valence-electron chi connectivity index (χ2n) is 10.2. The SMILES string of the molecule is COc1cccc([C@@H]2N(C(=O)OC(C)(C)C)CC(C)(C)[C@]2(O)C(C)(C)C)c1. The van der Waals surface area contributed by atoms with E-state index in [0.717, 1.165) is 5.56 Å². The Balaban J connectivity index is 2.64. The summed E-state index contributed by atoms with van der Waals surface area (Å²) < 4.78 is 11.1. The van der Waals surface area contributed by atoms with Crippen molar-refractivity contribution in [2.75, 3.05) is 13.7 Å². The molecule has 0 spiro atoms. The smallest absolute Gasteiger partial charge is 0.410 e. The minimum atomic E-state index is -1.16. The number of likely N-dealkylation sites (tertiary alicyclic amines) is 1. The molecule has 2 rings (SSSR count). The molecule has 0 aliphatic carbocycles. The average molecular weight is 378 g/mol. The summed E-state index contributed by atoms with van der Waals surface area (Å²) in [5.74, 6) is 0.692. The van der Waals surface area contributed by atoms with Gasteiger partial charge in [-0.15, -0.1) is 0 Å². The highest BCUT2D eigenvalue weighted by molar-refractivity contribution is 5.70. The molecule has 0 bridgehead atoms. The first-order valence-electron chi connectivity index (χ1n) is 9.50. The normalized spacial score (nSPS) is 25.4. The van der Waals surface area contributed by atoms with Gasteiger partial charge in [-0.2, -0.15) is 0 Å². The van der Waals surface area contributed by atoms with E-state index in [1.807, 2.05) is 79.7 Å². The van der Waals surface area contributed by atoms with Crippen LogP contribution in [-0.2, 0) is 4.74 Å². The maximum atomic E-state index is 13.1. The lowest BCUT2D eigenvalue weighted by atomic mass is 9.60.